The topological polar surface area (TPSA) is 88.6 Å². The molecular weight excluding hydrogens is 454 g/mol. The van der Waals surface area contributed by atoms with Crippen LogP contribution in [-0.2, 0) is 24.0 Å². The highest BCUT2D eigenvalue weighted by Crippen LogP contribution is 2.65. The summed E-state index contributed by atoms with van der Waals surface area (Å²) in [5.74, 6) is -1.49. The highest BCUT2D eigenvalue weighted by molar-refractivity contribution is 6.37. The SMILES string of the molecule is CC(=O)C(=O)[C@H](CC(=O)[C@@H]1[C@@H]2[C@H](CN1C(=O)[C@@H](CC(=O)CC(C)(C)C)C(C)(C)C)C2(C)C)CC1CC1. The molecule has 3 fully saturated rings. The summed E-state index contributed by atoms with van der Waals surface area (Å²) in [6, 6.07) is -0.582. The minimum atomic E-state index is -0.591. The maximum Gasteiger partial charge on any atom is 0.227 e. The molecule has 5 atom stereocenters. The largest absolute Gasteiger partial charge is 0.332 e. The van der Waals surface area contributed by atoms with Gasteiger partial charge in [-0.3, -0.25) is 24.0 Å². The van der Waals surface area contributed by atoms with Crippen molar-refractivity contribution in [1.82, 2.24) is 4.90 Å². The molecule has 0 unspecified atom stereocenters. The molecule has 0 aromatic rings. The summed E-state index contributed by atoms with van der Waals surface area (Å²) in [5.41, 5.74) is -0.618. The summed E-state index contributed by atoms with van der Waals surface area (Å²) in [6.07, 6.45) is 3.25. The van der Waals surface area contributed by atoms with Gasteiger partial charge in [0, 0.05) is 44.6 Å². The fourth-order valence-electron chi connectivity index (χ4n) is 6.43. The molecule has 0 aromatic heterocycles. The molecule has 3 rings (SSSR count). The Labute approximate surface area is 217 Å². The number of ketones is 4. The van der Waals surface area contributed by atoms with E-state index in [-0.39, 0.29) is 53.0 Å². The summed E-state index contributed by atoms with van der Waals surface area (Å²) in [4.78, 5) is 67.0. The third-order valence-corrected chi connectivity index (χ3v) is 8.80. The molecule has 1 saturated heterocycles. The minimum Gasteiger partial charge on any atom is -0.332 e. The summed E-state index contributed by atoms with van der Waals surface area (Å²) < 4.78 is 0. The summed E-state index contributed by atoms with van der Waals surface area (Å²) >= 11 is 0. The van der Waals surface area contributed by atoms with Crippen molar-refractivity contribution in [3.63, 3.8) is 0 Å². The first kappa shape index (κ1) is 28.7. The van der Waals surface area contributed by atoms with E-state index in [9.17, 15) is 24.0 Å². The van der Waals surface area contributed by atoms with E-state index >= 15 is 0 Å². The zero-order valence-electron chi connectivity index (χ0n) is 23.9. The van der Waals surface area contributed by atoms with E-state index in [1.54, 1.807) is 4.90 Å². The Balaban J connectivity index is 1.83. The second-order valence-corrected chi connectivity index (χ2v) is 14.8. The maximum atomic E-state index is 14.0. The number of piperidine rings is 1. The number of fused-ring (bicyclic) bond motifs is 1. The molecule has 2 saturated carbocycles. The van der Waals surface area contributed by atoms with Crippen LogP contribution in [0.15, 0.2) is 0 Å². The number of amides is 1. The number of nitrogens with zero attached hydrogens (tertiary/aromatic N) is 1. The molecule has 1 aliphatic heterocycles. The lowest BCUT2D eigenvalue weighted by Crippen LogP contribution is -2.50. The van der Waals surface area contributed by atoms with Crippen molar-refractivity contribution in [2.75, 3.05) is 6.54 Å². The van der Waals surface area contributed by atoms with Crippen molar-refractivity contribution in [2.45, 2.75) is 107 Å². The number of hydrogen-bond acceptors (Lipinski definition) is 5. The lowest BCUT2D eigenvalue weighted by molar-refractivity contribution is -0.148. The molecule has 6 nitrogen and oxygen atoms in total. The molecule has 0 spiro atoms. The molecule has 0 bridgehead atoms. The van der Waals surface area contributed by atoms with Crippen molar-refractivity contribution < 1.29 is 24.0 Å². The van der Waals surface area contributed by atoms with E-state index < -0.39 is 34.9 Å². The normalized spacial score (nSPS) is 26.7. The molecule has 0 aromatic carbocycles. The number of carbonyl (C=O) groups excluding carboxylic acids is 5. The first-order chi connectivity index (χ1) is 16.3. The predicted octanol–water partition coefficient (Wildman–Crippen LogP) is 5.06. The lowest BCUT2D eigenvalue weighted by atomic mass is 9.75. The molecule has 0 N–H and O–H groups in total. The Morgan fingerprint density at radius 1 is 0.944 bits per heavy atom. The van der Waals surface area contributed by atoms with Crippen molar-refractivity contribution in [1.29, 1.82) is 0 Å². The van der Waals surface area contributed by atoms with Crippen LogP contribution in [0, 0.1) is 45.8 Å². The van der Waals surface area contributed by atoms with Crippen LogP contribution < -0.4 is 0 Å². The molecule has 3 aliphatic rings. The van der Waals surface area contributed by atoms with Crippen LogP contribution in [0.1, 0.15) is 101 Å². The second-order valence-electron chi connectivity index (χ2n) is 14.8. The maximum absolute atomic E-state index is 14.0. The number of hydrogen-bond donors (Lipinski definition) is 0. The van der Waals surface area contributed by atoms with Gasteiger partial charge in [0.05, 0.1) is 6.04 Å². The second kappa shape index (κ2) is 9.79. The van der Waals surface area contributed by atoms with Gasteiger partial charge >= 0.3 is 0 Å². The van der Waals surface area contributed by atoms with Crippen molar-refractivity contribution in [3.8, 4) is 0 Å². The number of carbonyl (C=O) groups is 5. The van der Waals surface area contributed by atoms with Gasteiger partial charge in [0.25, 0.3) is 0 Å². The monoisotopic (exact) mass is 501 g/mol. The smallest absolute Gasteiger partial charge is 0.227 e. The lowest BCUT2D eigenvalue weighted by Gasteiger charge is -2.37. The van der Waals surface area contributed by atoms with E-state index in [0.717, 1.165) is 12.8 Å². The van der Waals surface area contributed by atoms with E-state index in [2.05, 4.69) is 13.8 Å². The minimum absolute atomic E-state index is 0.0196. The van der Waals surface area contributed by atoms with Gasteiger partial charge in [-0.2, -0.15) is 0 Å². The van der Waals surface area contributed by atoms with Crippen LogP contribution in [0.4, 0.5) is 0 Å². The first-order valence-corrected chi connectivity index (χ1v) is 13.7. The van der Waals surface area contributed by atoms with Gasteiger partial charge in [0.2, 0.25) is 11.7 Å². The predicted molar refractivity (Wildman–Crippen MR) is 139 cm³/mol. The van der Waals surface area contributed by atoms with E-state index in [4.69, 9.17) is 0 Å². The van der Waals surface area contributed by atoms with Gasteiger partial charge < -0.3 is 4.90 Å². The number of rotatable bonds is 11. The zero-order valence-corrected chi connectivity index (χ0v) is 23.9. The number of Topliss-reactive ketones (excluding diaryl/α,β-unsaturated/α-hetero) is 4. The Bertz CT molecular complexity index is 930. The van der Waals surface area contributed by atoms with Gasteiger partial charge in [0.1, 0.15) is 5.78 Å². The molecular formula is C30H47NO5. The molecule has 1 amide bonds. The van der Waals surface area contributed by atoms with E-state index in [1.807, 2.05) is 41.5 Å². The van der Waals surface area contributed by atoms with Crippen LogP contribution >= 0.6 is 0 Å². The highest BCUT2D eigenvalue weighted by atomic mass is 16.2. The summed E-state index contributed by atoms with van der Waals surface area (Å²) in [6.45, 7) is 18.1. The van der Waals surface area contributed by atoms with Crippen molar-refractivity contribution in [2.24, 2.45) is 45.8 Å². The van der Waals surface area contributed by atoms with E-state index in [0.29, 0.717) is 25.3 Å². The van der Waals surface area contributed by atoms with Gasteiger partial charge in [-0.25, -0.2) is 0 Å². The standard InChI is InChI=1S/C30H47NO5/c1-17(32)26(35)19(12-18-10-11-18)13-23(34)25-24-22(30(24,8)9)16-31(25)27(36)21(29(5,6)7)14-20(33)15-28(2,3)4/h18-19,21-22,24-25H,10-16H2,1-9H3/t19-,21+,22-,24-,25+/m0/s1. The van der Waals surface area contributed by atoms with Crippen LogP contribution in [-0.4, -0.2) is 46.5 Å². The van der Waals surface area contributed by atoms with E-state index in [1.165, 1.54) is 6.92 Å². The Morgan fingerprint density at radius 3 is 2.00 bits per heavy atom. The summed E-state index contributed by atoms with van der Waals surface area (Å²) in [5, 5.41) is 0. The molecule has 202 valence electrons. The zero-order chi connectivity index (χ0) is 27.4. The van der Waals surface area contributed by atoms with Gasteiger partial charge in [-0.15, -0.1) is 0 Å². The fraction of sp³-hybridized carbons (Fsp3) is 0.833. The Hall–Kier alpha value is -1.85. The van der Waals surface area contributed by atoms with Gasteiger partial charge in [0.15, 0.2) is 11.6 Å². The molecule has 6 heteroatoms. The third kappa shape index (κ3) is 6.34. The molecule has 36 heavy (non-hydrogen) atoms. The van der Waals surface area contributed by atoms with Gasteiger partial charge in [-0.1, -0.05) is 68.2 Å². The van der Waals surface area contributed by atoms with Crippen LogP contribution in [0.5, 0.6) is 0 Å². The summed E-state index contributed by atoms with van der Waals surface area (Å²) in [7, 11) is 0. The molecule has 2 aliphatic carbocycles. The Morgan fingerprint density at radius 2 is 1.53 bits per heavy atom. The van der Waals surface area contributed by atoms with Crippen LogP contribution in [0.3, 0.4) is 0 Å². The quantitative estimate of drug-likeness (QED) is 0.369. The van der Waals surface area contributed by atoms with Crippen LogP contribution in [0.25, 0.3) is 0 Å². The average Bonchev–Trinajstić information content (AvgIpc) is 3.55. The fourth-order valence-corrected chi connectivity index (χ4v) is 6.43. The van der Waals surface area contributed by atoms with Crippen molar-refractivity contribution in [3.05, 3.63) is 0 Å². The van der Waals surface area contributed by atoms with Crippen LogP contribution in [0.2, 0.25) is 0 Å². The Kier molecular flexibility index (Phi) is 7.81. The molecule has 1 heterocycles. The highest BCUT2D eigenvalue weighted by Gasteiger charge is 2.69. The van der Waals surface area contributed by atoms with Crippen molar-refractivity contribution >= 4 is 29.0 Å². The third-order valence-electron chi connectivity index (χ3n) is 8.80. The van der Waals surface area contributed by atoms with Gasteiger partial charge in [-0.05, 0) is 40.4 Å². The number of likely N-dealkylation sites (tertiary alicyclic amines) is 1. The average molecular weight is 502 g/mol. The first-order valence-electron chi connectivity index (χ1n) is 13.7. The molecule has 0 radical (unpaired) electrons.